The van der Waals surface area contributed by atoms with Gasteiger partial charge in [0.05, 0.1) is 18.6 Å². The Morgan fingerprint density at radius 3 is 2.85 bits per heavy atom. The number of benzene rings is 1. The monoisotopic (exact) mass is 290 g/mol. The fourth-order valence-corrected chi connectivity index (χ4v) is 2.21. The second-order valence-electron chi connectivity index (χ2n) is 4.40. The van der Waals surface area contributed by atoms with Crippen molar-refractivity contribution in [3.63, 3.8) is 0 Å². The molecule has 0 unspecified atom stereocenters. The molecule has 1 atom stereocenters. The van der Waals surface area contributed by atoms with Gasteiger partial charge in [-0.05, 0) is 18.7 Å². The van der Waals surface area contributed by atoms with Gasteiger partial charge < -0.3 is 9.30 Å². The minimum Gasteiger partial charge on any atom is -0.460 e. The summed E-state index contributed by atoms with van der Waals surface area (Å²) in [5.41, 5.74) is 1.62. The van der Waals surface area contributed by atoms with E-state index >= 15 is 0 Å². The first-order valence-electron chi connectivity index (χ1n) is 6.47. The predicted octanol–water partition coefficient (Wildman–Crippen LogP) is 3.01. The molecule has 0 aliphatic heterocycles. The summed E-state index contributed by atoms with van der Waals surface area (Å²) in [7, 11) is 0. The Morgan fingerprint density at radius 1 is 1.40 bits per heavy atom. The van der Waals surface area contributed by atoms with Crippen LogP contribution in [0.15, 0.2) is 42.9 Å². The molecule has 2 rings (SSSR count). The van der Waals surface area contributed by atoms with Gasteiger partial charge in [0.1, 0.15) is 12.3 Å². The summed E-state index contributed by atoms with van der Waals surface area (Å²) in [4.78, 5) is 16.1. The summed E-state index contributed by atoms with van der Waals surface area (Å²) in [6.07, 6.45) is 5.21. The van der Waals surface area contributed by atoms with E-state index in [1.807, 2.05) is 48.1 Å². The van der Waals surface area contributed by atoms with Crippen LogP contribution in [0, 0.1) is 0 Å². The Kier molecular flexibility index (Phi) is 5.24. The van der Waals surface area contributed by atoms with Crippen LogP contribution in [-0.2, 0) is 4.74 Å². The largest absolute Gasteiger partial charge is 0.460 e. The van der Waals surface area contributed by atoms with E-state index in [0.717, 1.165) is 11.3 Å². The number of imidazole rings is 1. The first-order valence-corrected chi connectivity index (χ1v) is 7.86. The van der Waals surface area contributed by atoms with Gasteiger partial charge in [0.25, 0.3) is 0 Å². The molecule has 0 saturated heterocycles. The van der Waals surface area contributed by atoms with Crippen LogP contribution in [0.2, 0.25) is 0 Å². The molecule has 0 spiro atoms. The number of hydrogen-bond acceptors (Lipinski definition) is 4. The zero-order chi connectivity index (χ0) is 14.4. The molecule has 0 saturated carbocycles. The Labute approximate surface area is 123 Å². The molecular formula is C15H18N2O2S. The lowest BCUT2D eigenvalue weighted by Gasteiger charge is -2.16. The molecule has 5 heteroatoms. The first-order chi connectivity index (χ1) is 9.74. The number of ether oxygens (including phenoxy) is 1. The number of esters is 1. The van der Waals surface area contributed by atoms with E-state index in [0.29, 0.717) is 12.3 Å². The van der Waals surface area contributed by atoms with Crippen LogP contribution >= 0.6 is 11.8 Å². The van der Waals surface area contributed by atoms with Crippen molar-refractivity contribution in [3.8, 4) is 0 Å². The molecule has 1 heterocycles. The smallest absolute Gasteiger partial charge is 0.356 e. The molecule has 4 nitrogen and oxygen atoms in total. The zero-order valence-corrected chi connectivity index (χ0v) is 12.5. The summed E-state index contributed by atoms with van der Waals surface area (Å²) in [6.45, 7) is 2.46. The minimum absolute atomic E-state index is 0.0433. The van der Waals surface area contributed by atoms with Crippen molar-refractivity contribution >= 4 is 17.7 Å². The van der Waals surface area contributed by atoms with Crippen LogP contribution < -0.4 is 0 Å². The van der Waals surface area contributed by atoms with E-state index in [1.54, 1.807) is 24.3 Å². The van der Waals surface area contributed by atoms with Crippen molar-refractivity contribution in [2.24, 2.45) is 0 Å². The third-order valence-electron chi connectivity index (χ3n) is 3.10. The average Bonchev–Trinajstić information content (AvgIpc) is 2.97. The Bertz CT molecular complexity index is 554. The molecule has 106 valence electrons. The van der Waals surface area contributed by atoms with Gasteiger partial charge in [0.2, 0.25) is 0 Å². The van der Waals surface area contributed by atoms with Gasteiger partial charge in [-0.2, -0.15) is 11.8 Å². The summed E-state index contributed by atoms with van der Waals surface area (Å²) in [5, 5.41) is 0. The predicted molar refractivity (Wildman–Crippen MR) is 81.1 cm³/mol. The van der Waals surface area contributed by atoms with Crippen LogP contribution in [0.3, 0.4) is 0 Å². The van der Waals surface area contributed by atoms with E-state index < -0.39 is 0 Å². The molecular weight excluding hydrogens is 272 g/mol. The number of nitrogens with zero attached hydrogens (tertiary/aromatic N) is 2. The standard InChI is InChI=1S/C15H18N2O2S/c1-12(13-6-4-3-5-7-13)17-11-16-10-14(17)15(18)19-8-9-20-2/h3-7,10-12H,8-9H2,1-2H3/t12-/m1/s1. The summed E-state index contributed by atoms with van der Waals surface area (Å²) in [6, 6.07) is 10.1. The van der Waals surface area contributed by atoms with Crippen LogP contribution in [0.1, 0.15) is 29.0 Å². The topological polar surface area (TPSA) is 44.1 Å². The van der Waals surface area contributed by atoms with Gasteiger partial charge in [-0.1, -0.05) is 30.3 Å². The molecule has 0 radical (unpaired) electrons. The van der Waals surface area contributed by atoms with Crippen molar-refractivity contribution in [3.05, 3.63) is 54.1 Å². The number of thioether (sulfide) groups is 1. The van der Waals surface area contributed by atoms with Crippen LogP contribution in [-0.4, -0.2) is 34.1 Å². The van der Waals surface area contributed by atoms with E-state index in [1.165, 1.54) is 0 Å². The van der Waals surface area contributed by atoms with Crippen molar-refractivity contribution in [1.82, 2.24) is 9.55 Å². The molecule has 0 fully saturated rings. The third kappa shape index (κ3) is 3.42. The maximum Gasteiger partial charge on any atom is 0.356 e. The van der Waals surface area contributed by atoms with Crippen molar-refractivity contribution in [2.75, 3.05) is 18.6 Å². The quantitative estimate of drug-likeness (QED) is 0.606. The Hall–Kier alpha value is -1.75. The van der Waals surface area contributed by atoms with E-state index in [9.17, 15) is 4.79 Å². The second-order valence-corrected chi connectivity index (χ2v) is 5.39. The van der Waals surface area contributed by atoms with Gasteiger partial charge in [-0.25, -0.2) is 9.78 Å². The molecule has 20 heavy (non-hydrogen) atoms. The fraction of sp³-hybridized carbons (Fsp3) is 0.333. The fourth-order valence-electron chi connectivity index (χ4n) is 1.96. The highest BCUT2D eigenvalue weighted by atomic mass is 32.2. The van der Waals surface area contributed by atoms with Crippen molar-refractivity contribution in [2.45, 2.75) is 13.0 Å². The molecule has 1 aromatic heterocycles. The van der Waals surface area contributed by atoms with Crippen molar-refractivity contribution < 1.29 is 9.53 Å². The SMILES string of the molecule is CSCCOC(=O)c1cncn1[C@H](C)c1ccccc1. The lowest BCUT2D eigenvalue weighted by molar-refractivity contribution is 0.0516. The number of carbonyl (C=O) groups is 1. The molecule has 0 bridgehead atoms. The maximum absolute atomic E-state index is 12.0. The number of hydrogen-bond donors (Lipinski definition) is 0. The highest BCUT2D eigenvalue weighted by molar-refractivity contribution is 7.98. The number of carbonyl (C=O) groups excluding carboxylic acids is 1. The lowest BCUT2D eigenvalue weighted by Crippen LogP contribution is -2.16. The van der Waals surface area contributed by atoms with Crippen LogP contribution in [0.25, 0.3) is 0 Å². The van der Waals surface area contributed by atoms with E-state index in [2.05, 4.69) is 4.98 Å². The summed E-state index contributed by atoms with van der Waals surface area (Å²) in [5.74, 6) is 0.480. The Balaban J connectivity index is 2.14. The van der Waals surface area contributed by atoms with Gasteiger partial charge in [0, 0.05) is 5.75 Å². The normalized spacial score (nSPS) is 12.1. The molecule has 1 aromatic carbocycles. The number of rotatable bonds is 6. The highest BCUT2D eigenvalue weighted by Gasteiger charge is 2.17. The third-order valence-corrected chi connectivity index (χ3v) is 3.67. The van der Waals surface area contributed by atoms with Gasteiger partial charge in [-0.15, -0.1) is 0 Å². The average molecular weight is 290 g/mol. The molecule has 0 aliphatic rings. The molecule has 0 N–H and O–H groups in total. The lowest BCUT2D eigenvalue weighted by atomic mass is 10.1. The molecule has 2 aromatic rings. The highest BCUT2D eigenvalue weighted by Crippen LogP contribution is 2.19. The maximum atomic E-state index is 12.0. The van der Waals surface area contributed by atoms with Gasteiger partial charge in [0.15, 0.2) is 0 Å². The summed E-state index contributed by atoms with van der Waals surface area (Å²) < 4.78 is 7.08. The second kappa shape index (κ2) is 7.14. The van der Waals surface area contributed by atoms with Gasteiger partial charge in [-0.3, -0.25) is 0 Å². The number of aromatic nitrogens is 2. The van der Waals surface area contributed by atoms with Crippen molar-refractivity contribution in [1.29, 1.82) is 0 Å². The zero-order valence-electron chi connectivity index (χ0n) is 11.7. The van der Waals surface area contributed by atoms with Crippen LogP contribution in [0.5, 0.6) is 0 Å². The Morgan fingerprint density at radius 2 is 2.15 bits per heavy atom. The molecule has 0 aliphatic carbocycles. The summed E-state index contributed by atoms with van der Waals surface area (Å²) >= 11 is 1.65. The minimum atomic E-state index is -0.320. The van der Waals surface area contributed by atoms with E-state index in [4.69, 9.17) is 4.74 Å². The molecule has 0 amide bonds. The van der Waals surface area contributed by atoms with E-state index in [-0.39, 0.29) is 12.0 Å². The van der Waals surface area contributed by atoms with Crippen LogP contribution in [0.4, 0.5) is 0 Å². The first kappa shape index (κ1) is 14.7. The van der Waals surface area contributed by atoms with Gasteiger partial charge >= 0.3 is 5.97 Å².